The first-order valence-corrected chi connectivity index (χ1v) is 6.34. The third kappa shape index (κ3) is 0.675. The summed E-state index contributed by atoms with van der Waals surface area (Å²) in [5, 5.41) is 0. The van der Waals surface area contributed by atoms with E-state index in [9.17, 15) is 4.79 Å². The summed E-state index contributed by atoms with van der Waals surface area (Å²) in [6.45, 7) is 6.39. The van der Waals surface area contributed by atoms with Gasteiger partial charge in [-0.15, -0.1) is 0 Å². The largest absolute Gasteiger partial charge is 0.433 e. The standard InChI is InChI=1S/C13H18O3/c1-11-5-4-7-6-8(11)9-10(14)15-13(7,3)16-12(9,11)2/h7-9H,4-6H2,1-3H3/t7-,8+,9+,11+,12-,13-/m0/s1. The summed E-state index contributed by atoms with van der Waals surface area (Å²) in [5.74, 6) is 0.238. The molecule has 0 N–H and O–H groups in total. The van der Waals surface area contributed by atoms with Crippen LogP contribution in [0.15, 0.2) is 0 Å². The molecule has 2 saturated carbocycles. The first kappa shape index (κ1) is 9.46. The topological polar surface area (TPSA) is 35.5 Å². The molecule has 0 amide bonds. The smallest absolute Gasteiger partial charge is 0.314 e. The molecule has 7 rings (SSSR count). The van der Waals surface area contributed by atoms with Gasteiger partial charge in [-0.05, 0) is 32.1 Å². The minimum atomic E-state index is -0.647. The SMILES string of the molecule is C[C@@]12OC(=O)[C@H]3[C@H]4C[C@@H]1CC[C@@]4(C)[C@@]3(C)O2. The van der Waals surface area contributed by atoms with Crippen molar-refractivity contribution in [2.75, 3.05) is 0 Å². The highest BCUT2D eigenvalue weighted by molar-refractivity contribution is 5.78. The highest BCUT2D eigenvalue weighted by Crippen LogP contribution is 2.74. The van der Waals surface area contributed by atoms with Gasteiger partial charge in [-0.3, -0.25) is 4.79 Å². The Morgan fingerprint density at radius 1 is 1.31 bits per heavy atom. The highest BCUT2D eigenvalue weighted by Gasteiger charge is 2.79. The van der Waals surface area contributed by atoms with Crippen LogP contribution in [0.25, 0.3) is 0 Å². The van der Waals surface area contributed by atoms with Crippen LogP contribution in [0, 0.1) is 23.2 Å². The third-order valence-corrected chi connectivity index (χ3v) is 6.21. The number of fused-ring (bicyclic) bond motifs is 2. The Bertz CT molecular complexity index is 406. The van der Waals surface area contributed by atoms with Gasteiger partial charge >= 0.3 is 5.97 Å². The lowest BCUT2D eigenvalue weighted by molar-refractivity contribution is -0.365. The van der Waals surface area contributed by atoms with E-state index in [1.807, 2.05) is 6.92 Å². The molecule has 6 atom stereocenters. The molecule has 5 heterocycles. The number of ether oxygens (including phenoxy) is 2. The van der Waals surface area contributed by atoms with Gasteiger partial charge < -0.3 is 9.47 Å². The van der Waals surface area contributed by atoms with Gasteiger partial charge in [0, 0.05) is 18.3 Å². The fourth-order valence-electron chi connectivity index (χ4n) is 5.02. The Morgan fingerprint density at radius 2 is 2.06 bits per heavy atom. The fourth-order valence-corrected chi connectivity index (χ4v) is 5.02. The zero-order valence-corrected chi connectivity index (χ0v) is 10.1. The summed E-state index contributed by atoms with van der Waals surface area (Å²) in [6, 6.07) is 0. The number of carbonyl (C=O) groups excluding carboxylic acids is 1. The number of hydrogen-bond acceptors (Lipinski definition) is 3. The third-order valence-electron chi connectivity index (χ3n) is 6.21. The summed E-state index contributed by atoms with van der Waals surface area (Å²) in [5.41, 5.74) is -0.0711. The van der Waals surface area contributed by atoms with Crippen molar-refractivity contribution >= 4 is 5.97 Å². The average molecular weight is 222 g/mol. The molecule has 3 heteroatoms. The minimum Gasteiger partial charge on any atom is -0.433 e. The Balaban J connectivity index is 1.96. The van der Waals surface area contributed by atoms with Gasteiger partial charge in [0.05, 0.1) is 11.5 Å². The van der Waals surface area contributed by atoms with Crippen molar-refractivity contribution in [3.05, 3.63) is 0 Å². The molecule has 0 unspecified atom stereocenters. The quantitative estimate of drug-likeness (QED) is 0.589. The predicted molar refractivity (Wildman–Crippen MR) is 56.4 cm³/mol. The second-order valence-corrected chi connectivity index (χ2v) is 6.62. The van der Waals surface area contributed by atoms with Crippen LogP contribution < -0.4 is 0 Å². The molecular weight excluding hydrogens is 204 g/mol. The number of hydrogen-bond donors (Lipinski definition) is 0. The molecule has 88 valence electrons. The summed E-state index contributed by atoms with van der Waals surface area (Å²) in [7, 11) is 0. The van der Waals surface area contributed by atoms with Crippen molar-refractivity contribution in [3.63, 3.8) is 0 Å². The molecule has 2 aliphatic carbocycles. The van der Waals surface area contributed by atoms with E-state index >= 15 is 0 Å². The summed E-state index contributed by atoms with van der Waals surface area (Å²) in [6.07, 6.45) is 3.43. The maximum atomic E-state index is 12.1. The Kier molecular flexibility index (Phi) is 1.30. The van der Waals surface area contributed by atoms with Gasteiger partial charge in [0.2, 0.25) is 5.79 Å². The zero-order valence-electron chi connectivity index (χ0n) is 10.1. The number of rotatable bonds is 0. The zero-order chi connectivity index (χ0) is 11.3. The lowest BCUT2D eigenvalue weighted by Gasteiger charge is -2.66. The highest BCUT2D eigenvalue weighted by atomic mass is 16.7. The van der Waals surface area contributed by atoms with Crippen LogP contribution in [-0.4, -0.2) is 17.4 Å². The van der Waals surface area contributed by atoms with Crippen LogP contribution >= 0.6 is 0 Å². The van der Waals surface area contributed by atoms with Gasteiger partial charge in [0.25, 0.3) is 0 Å². The van der Waals surface area contributed by atoms with Crippen molar-refractivity contribution in [1.29, 1.82) is 0 Å². The predicted octanol–water partition coefficient (Wildman–Crippen LogP) is 2.10. The van der Waals surface area contributed by atoms with E-state index in [2.05, 4.69) is 13.8 Å². The number of carbonyl (C=O) groups is 1. The maximum Gasteiger partial charge on any atom is 0.314 e. The Hall–Kier alpha value is -0.570. The lowest BCUT2D eigenvalue weighted by Crippen LogP contribution is -2.73. The molecule has 5 aliphatic heterocycles. The van der Waals surface area contributed by atoms with E-state index < -0.39 is 5.79 Å². The van der Waals surface area contributed by atoms with Crippen LogP contribution in [-0.2, 0) is 14.3 Å². The van der Waals surface area contributed by atoms with E-state index in [4.69, 9.17) is 9.47 Å². The molecule has 0 radical (unpaired) electrons. The second-order valence-electron chi connectivity index (χ2n) is 6.62. The number of esters is 1. The summed E-state index contributed by atoms with van der Waals surface area (Å²) in [4.78, 5) is 12.1. The normalized spacial score (nSPS) is 66.2. The Morgan fingerprint density at radius 3 is 2.81 bits per heavy atom. The first-order valence-electron chi connectivity index (χ1n) is 6.34. The molecule has 16 heavy (non-hydrogen) atoms. The molecular formula is C13H18O3. The van der Waals surface area contributed by atoms with E-state index in [-0.39, 0.29) is 22.9 Å². The molecule has 0 aromatic rings. The average Bonchev–Trinajstić information content (AvgIpc) is 2.38. The fraction of sp³-hybridized carbons (Fsp3) is 0.923. The maximum absolute atomic E-state index is 12.1. The van der Waals surface area contributed by atoms with Crippen molar-refractivity contribution in [2.24, 2.45) is 23.2 Å². The summed E-state index contributed by atoms with van der Waals surface area (Å²) < 4.78 is 11.8. The van der Waals surface area contributed by atoms with Gasteiger partial charge in [-0.2, -0.15) is 0 Å². The molecule has 5 saturated heterocycles. The van der Waals surface area contributed by atoms with E-state index in [0.29, 0.717) is 11.8 Å². The van der Waals surface area contributed by atoms with Gasteiger partial charge in [0.1, 0.15) is 0 Å². The van der Waals surface area contributed by atoms with Crippen LogP contribution in [0.5, 0.6) is 0 Å². The molecule has 7 aliphatic rings. The van der Waals surface area contributed by atoms with Crippen LogP contribution in [0.4, 0.5) is 0 Å². The monoisotopic (exact) mass is 222 g/mol. The van der Waals surface area contributed by atoms with Gasteiger partial charge in [-0.25, -0.2) is 0 Å². The van der Waals surface area contributed by atoms with Crippen LogP contribution in [0.2, 0.25) is 0 Å². The van der Waals surface area contributed by atoms with Gasteiger partial charge in [0.15, 0.2) is 0 Å². The Labute approximate surface area is 95.5 Å². The summed E-state index contributed by atoms with van der Waals surface area (Å²) >= 11 is 0. The lowest BCUT2D eigenvalue weighted by atomic mass is 9.41. The van der Waals surface area contributed by atoms with Crippen molar-refractivity contribution in [1.82, 2.24) is 0 Å². The van der Waals surface area contributed by atoms with E-state index in [0.717, 1.165) is 12.8 Å². The van der Waals surface area contributed by atoms with E-state index in [1.165, 1.54) is 6.42 Å². The van der Waals surface area contributed by atoms with Gasteiger partial charge in [-0.1, -0.05) is 6.92 Å². The molecule has 6 bridgehead atoms. The van der Waals surface area contributed by atoms with Crippen LogP contribution in [0.3, 0.4) is 0 Å². The van der Waals surface area contributed by atoms with Crippen molar-refractivity contribution in [3.8, 4) is 0 Å². The molecule has 7 fully saturated rings. The first-order chi connectivity index (χ1) is 7.41. The van der Waals surface area contributed by atoms with E-state index in [1.54, 1.807) is 0 Å². The second kappa shape index (κ2) is 2.20. The molecule has 0 aromatic carbocycles. The molecule has 3 nitrogen and oxygen atoms in total. The molecule has 0 spiro atoms. The van der Waals surface area contributed by atoms with Crippen LogP contribution in [0.1, 0.15) is 40.0 Å². The van der Waals surface area contributed by atoms with Crippen molar-refractivity contribution < 1.29 is 14.3 Å². The van der Waals surface area contributed by atoms with Crippen molar-refractivity contribution in [2.45, 2.75) is 51.4 Å². The minimum absolute atomic E-state index is 0.00382. The molecule has 0 aromatic heterocycles.